The molecule has 2 N–H and O–H groups in total. The van der Waals surface area contributed by atoms with Gasteiger partial charge in [-0.1, -0.05) is 30.3 Å². The summed E-state index contributed by atoms with van der Waals surface area (Å²) in [4.78, 5) is 6.75. The smallest absolute Gasteiger partial charge is 0.191 e. The summed E-state index contributed by atoms with van der Waals surface area (Å²) in [7, 11) is -1.22. The lowest BCUT2D eigenvalue weighted by atomic mass is 10.2. The first-order valence-corrected chi connectivity index (χ1v) is 11.4. The maximum absolute atomic E-state index is 11.1. The van der Waals surface area contributed by atoms with Crippen molar-refractivity contribution in [3.8, 4) is 0 Å². The molecule has 8 heteroatoms. The number of hydrogen-bond donors (Lipinski definition) is 2. The van der Waals surface area contributed by atoms with Gasteiger partial charge in [-0.05, 0) is 18.9 Å². The van der Waals surface area contributed by atoms with Crippen LogP contribution in [0.15, 0.2) is 35.3 Å². The van der Waals surface area contributed by atoms with Crippen LogP contribution in [-0.2, 0) is 21.1 Å². The highest BCUT2D eigenvalue weighted by atomic mass is 32.2. The van der Waals surface area contributed by atoms with Crippen molar-refractivity contribution in [2.24, 2.45) is 4.99 Å². The van der Waals surface area contributed by atoms with Gasteiger partial charge in [0.15, 0.2) is 5.96 Å². The van der Waals surface area contributed by atoms with E-state index in [0.29, 0.717) is 25.2 Å². The van der Waals surface area contributed by atoms with Gasteiger partial charge in [-0.15, -0.1) is 0 Å². The van der Waals surface area contributed by atoms with Crippen molar-refractivity contribution >= 4 is 15.8 Å². The van der Waals surface area contributed by atoms with Crippen LogP contribution in [0.1, 0.15) is 18.9 Å². The van der Waals surface area contributed by atoms with E-state index in [1.165, 1.54) is 11.8 Å². The molecular weight excluding hydrogens is 364 g/mol. The number of aliphatic imine (C=N–C) groups is 1. The Morgan fingerprint density at radius 1 is 1.30 bits per heavy atom. The molecule has 1 aromatic rings. The minimum atomic E-state index is -2.97. The first-order valence-electron chi connectivity index (χ1n) is 9.38. The SMILES string of the molecule is CN=C(NCCOCCS(C)(=O)=O)NC1CC(C)N(Cc2ccccc2)C1. The Hall–Kier alpha value is -1.64. The Balaban J connectivity index is 1.68. The zero-order valence-electron chi connectivity index (χ0n) is 16.5. The van der Waals surface area contributed by atoms with Crippen LogP contribution in [0.2, 0.25) is 0 Å². The van der Waals surface area contributed by atoms with Gasteiger partial charge in [0, 0.05) is 45.0 Å². The van der Waals surface area contributed by atoms with E-state index in [1.54, 1.807) is 7.05 Å². The Morgan fingerprint density at radius 3 is 2.70 bits per heavy atom. The molecule has 1 aliphatic heterocycles. The zero-order chi connectivity index (χ0) is 19.7. The van der Waals surface area contributed by atoms with Crippen molar-refractivity contribution in [1.29, 1.82) is 0 Å². The van der Waals surface area contributed by atoms with E-state index >= 15 is 0 Å². The number of likely N-dealkylation sites (tertiary alicyclic amines) is 1. The van der Waals surface area contributed by atoms with Gasteiger partial charge in [-0.25, -0.2) is 8.42 Å². The lowest BCUT2D eigenvalue weighted by molar-refractivity contribution is 0.154. The average molecular weight is 397 g/mol. The van der Waals surface area contributed by atoms with Crippen molar-refractivity contribution in [3.05, 3.63) is 35.9 Å². The second kappa shape index (κ2) is 10.6. The molecule has 0 bridgehead atoms. The quantitative estimate of drug-likeness (QED) is 0.366. The highest BCUT2D eigenvalue weighted by Crippen LogP contribution is 2.20. The molecular formula is C19H32N4O3S. The molecule has 1 heterocycles. The molecule has 0 radical (unpaired) electrons. The molecule has 0 spiro atoms. The summed E-state index contributed by atoms with van der Waals surface area (Å²) in [5.41, 5.74) is 1.33. The number of ether oxygens (including phenoxy) is 1. The first-order chi connectivity index (χ1) is 12.9. The van der Waals surface area contributed by atoms with Gasteiger partial charge in [-0.2, -0.15) is 0 Å². The molecule has 2 unspecified atom stereocenters. The normalized spacial score (nSPS) is 21.4. The van der Waals surface area contributed by atoms with E-state index in [1.807, 2.05) is 6.07 Å². The Kier molecular flexibility index (Phi) is 8.53. The zero-order valence-corrected chi connectivity index (χ0v) is 17.3. The highest BCUT2D eigenvalue weighted by Gasteiger charge is 2.29. The fraction of sp³-hybridized carbons (Fsp3) is 0.632. The largest absolute Gasteiger partial charge is 0.379 e. The molecule has 7 nitrogen and oxygen atoms in total. The number of guanidine groups is 1. The molecule has 152 valence electrons. The van der Waals surface area contributed by atoms with E-state index in [0.717, 1.165) is 25.5 Å². The van der Waals surface area contributed by atoms with Crippen molar-refractivity contribution in [2.75, 3.05) is 45.4 Å². The maximum Gasteiger partial charge on any atom is 0.191 e. The van der Waals surface area contributed by atoms with E-state index in [-0.39, 0.29) is 12.4 Å². The minimum absolute atomic E-state index is 0.0528. The molecule has 0 aromatic heterocycles. The third-order valence-electron chi connectivity index (χ3n) is 4.63. The van der Waals surface area contributed by atoms with Crippen LogP contribution in [0, 0.1) is 0 Å². The number of hydrogen-bond acceptors (Lipinski definition) is 5. The minimum Gasteiger partial charge on any atom is -0.379 e. The first kappa shape index (κ1) is 21.7. The van der Waals surface area contributed by atoms with Gasteiger partial charge < -0.3 is 15.4 Å². The highest BCUT2D eigenvalue weighted by molar-refractivity contribution is 7.90. The van der Waals surface area contributed by atoms with E-state index < -0.39 is 9.84 Å². The summed E-state index contributed by atoms with van der Waals surface area (Å²) >= 11 is 0. The van der Waals surface area contributed by atoms with Gasteiger partial charge >= 0.3 is 0 Å². The molecule has 1 aromatic carbocycles. The van der Waals surface area contributed by atoms with E-state index in [2.05, 4.69) is 51.7 Å². The van der Waals surface area contributed by atoms with Gasteiger partial charge in [-0.3, -0.25) is 9.89 Å². The van der Waals surface area contributed by atoms with Crippen LogP contribution in [0.3, 0.4) is 0 Å². The standard InChI is InChI=1S/C19H32N4O3S/c1-16-13-18(15-23(16)14-17-7-5-4-6-8-17)22-19(20-2)21-9-10-26-11-12-27(3,24)25/h4-8,16,18H,9-15H2,1-3H3,(H2,20,21,22). The summed E-state index contributed by atoms with van der Waals surface area (Å²) in [5.74, 6) is 0.803. The number of nitrogens with zero attached hydrogens (tertiary/aromatic N) is 2. The van der Waals surface area contributed by atoms with Crippen LogP contribution in [-0.4, -0.2) is 76.7 Å². The lowest BCUT2D eigenvalue weighted by Crippen LogP contribution is -2.45. The van der Waals surface area contributed by atoms with Gasteiger partial charge in [0.1, 0.15) is 9.84 Å². The Morgan fingerprint density at radius 2 is 2.04 bits per heavy atom. The predicted molar refractivity (Wildman–Crippen MR) is 110 cm³/mol. The number of rotatable bonds is 9. The van der Waals surface area contributed by atoms with Crippen LogP contribution in [0.5, 0.6) is 0 Å². The Labute approximate surface area is 163 Å². The number of nitrogens with one attached hydrogen (secondary N) is 2. The van der Waals surface area contributed by atoms with Crippen LogP contribution < -0.4 is 10.6 Å². The molecule has 0 aliphatic carbocycles. The van der Waals surface area contributed by atoms with E-state index in [4.69, 9.17) is 4.74 Å². The van der Waals surface area contributed by atoms with Crippen molar-refractivity contribution in [1.82, 2.24) is 15.5 Å². The molecule has 1 fully saturated rings. The monoisotopic (exact) mass is 396 g/mol. The Bertz CT molecular complexity index is 694. The van der Waals surface area contributed by atoms with Crippen LogP contribution in [0.25, 0.3) is 0 Å². The maximum atomic E-state index is 11.1. The third kappa shape index (κ3) is 8.28. The number of benzene rings is 1. The topological polar surface area (TPSA) is 83.0 Å². The van der Waals surface area contributed by atoms with Crippen LogP contribution >= 0.6 is 0 Å². The van der Waals surface area contributed by atoms with Crippen molar-refractivity contribution in [3.63, 3.8) is 0 Å². The summed E-state index contributed by atoms with van der Waals surface area (Å²) in [6, 6.07) is 11.4. The average Bonchev–Trinajstić information content (AvgIpc) is 2.96. The van der Waals surface area contributed by atoms with Gasteiger partial charge in [0.05, 0.1) is 19.0 Å². The lowest BCUT2D eigenvalue weighted by Gasteiger charge is -2.21. The molecule has 1 saturated heterocycles. The molecule has 27 heavy (non-hydrogen) atoms. The molecule has 2 rings (SSSR count). The van der Waals surface area contributed by atoms with Gasteiger partial charge in [0.2, 0.25) is 0 Å². The molecule has 1 aliphatic rings. The second-order valence-corrected chi connectivity index (χ2v) is 9.34. The summed E-state index contributed by atoms with van der Waals surface area (Å²) < 4.78 is 27.4. The fourth-order valence-corrected chi connectivity index (χ4v) is 3.60. The van der Waals surface area contributed by atoms with E-state index in [9.17, 15) is 8.42 Å². The summed E-state index contributed by atoms with van der Waals surface area (Å²) in [6.45, 7) is 5.44. The predicted octanol–water partition coefficient (Wildman–Crippen LogP) is 0.876. The fourth-order valence-electron chi connectivity index (χ4n) is 3.18. The second-order valence-electron chi connectivity index (χ2n) is 7.08. The number of sulfone groups is 1. The molecule has 0 amide bonds. The summed E-state index contributed by atoms with van der Waals surface area (Å²) in [6.07, 6.45) is 2.28. The molecule has 0 saturated carbocycles. The third-order valence-corrected chi connectivity index (χ3v) is 5.54. The van der Waals surface area contributed by atoms with Crippen molar-refractivity contribution in [2.45, 2.75) is 32.0 Å². The molecule has 2 atom stereocenters. The van der Waals surface area contributed by atoms with Crippen molar-refractivity contribution < 1.29 is 13.2 Å². The van der Waals surface area contributed by atoms with Gasteiger partial charge in [0.25, 0.3) is 0 Å². The summed E-state index contributed by atoms with van der Waals surface area (Å²) in [5, 5.41) is 6.69. The van der Waals surface area contributed by atoms with Crippen LogP contribution in [0.4, 0.5) is 0 Å².